The quantitative estimate of drug-likeness (QED) is 0.490. The zero-order chi connectivity index (χ0) is 21.4. The highest BCUT2D eigenvalue weighted by Crippen LogP contribution is 2.44. The smallest absolute Gasteiger partial charge is 0.321 e. The molecule has 2 aromatic carbocycles. The molecule has 0 saturated carbocycles. The Balaban J connectivity index is 2.00. The summed E-state index contributed by atoms with van der Waals surface area (Å²) >= 11 is 0. The number of benzene rings is 2. The van der Waals surface area contributed by atoms with Gasteiger partial charge in [-0.25, -0.2) is 4.98 Å². The zero-order valence-electron chi connectivity index (χ0n) is 16.7. The van der Waals surface area contributed by atoms with Crippen LogP contribution in [0, 0.1) is 5.92 Å². The number of carbonyl (C=O) groups is 2. The van der Waals surface area contributed by atoms with Crippen LogP contribution in [0.3, 0.4) is 0 Å². The number of hydrogen-bond donors (Lipinski definition) is 2. The van der Waals surface area contributed by atoms with Crippen molar-refractivity contribution in [1.29, 1.82) is 0 Å². The fourth-order valence-corrected chi connectivity index (χ4v) is 3.79. The molecule has 9 nitrogen and oxygen atoms in total. The normalized spacial score (nSPS) is 17.9. The molecule has 9 heteroatoms. The molecule has 0 fully saturated rings. The molecule has 0 unspecified atom stereocenters. The van der Waals surface area contributed by atoms with E-state index in [9.17, 15) is 14.7 Å². The molecule has 1 amide bonds. The highest BCUT2D eigenvalue weighted by atomic mass is 16.5. The van der Waals surface area contributed by atoms with Crippen LogP contribution in [-0.4, -0.2) is 47.4 Å². The van der Waals surface area contributed by atoms with Gasteiger partial charge in [-0.15, -0.1) is 0 Å². The molecule has 2 heterocycles. The lowest BCUT2D eigenvalue weighted by molar-refractivity contribution is -0.152. The summed E-state index contributed by atoms with van der Waals surface area (Å²) in [5.74, 6) is -1.89. The Morgan fingerprint density at radius 3 is 2.50 bits per heavy atom. The Labute approximate surface area is 172 Å². The first-order valence-electron chi connectivity index (χ1n) is 9.39. The number of rotatable bonds is 5. The number of ether oxygens (including phenoxy) is 3. The third kappa shape index (κ3) is 2.99. The van der Waals surface area contributed by atoms with Gasteiger partial charge in [-0.2, -0.15) is 0 Å². The number of aromatic nitrogens is 2. The molecule has 156 valence electrons. The van der Waals surface area contributed by atoms with Crippen LogP contribution in [0.1, 0.15) is 18.5 Å². The van der Waals surface area contributed by atoms with E-state index in [2.05, 4.69) is 10.3 Å². The molecule has 0 spiro atoms. The number of nitrogens with zero attached hydrogens (tertiary/aromatic N) is 2. The standard InChI is InChI=1S/C21H21N3O6/c1-4-30-20(27)16-17(11-9-14(28-2)18(25)15(10-11)29-3)24-13-8-6-5-7-12(13)22-21(24)23-19(16)26/h5-10,16-17,25H,4H2,1-3H3,(H,22,23,26)/t16-,17-/m1/s1. The minimum Gasteiger partial charge on any atom is -0.502 e. The largest absolute Gasteiger partial charge is 0.502 e. The molecule has 1 aromatic heterocycles. The van der Waals surface area contributed by atoms with Crippen LogP contribution in [0.5, 0.6) is 17.2 Å². The van der Waals surface area contributed by atoms with E-state index in [1.54, 1.807) is 23.6 Å². The van der Waals surface area contributed by atoms with Gasteiger partial charge in [0.2, 0.25) is 17.6 Å². The van der Waals surface area contributed by atoms with Crippen molar-refractivity contribution in [2.75, 3.05) is 26.1 Å². The Bertz CT molecular complexity index is 1110. The second-order valence-corrected chi connectivity index (χ2v) is 6.73. The molecule has 1 aliphatic heterocycles. The number of phenolic OH excluding ortho intramolecular Hbond substituents is 1. The highest BCUT2D eigenvalue weighted by molar-refractivity contribution is 6.07. The average molecular weight is 411 g/mol. The summed E-state index contributed by atoms with van der Waals surface area (Å²) in [6, 6.07) is 9.73. The van der Waals surface area contributed by atoms with Gasteiger partial charge >= 0.3 is 5.97 Å². The summed E-state index contributed by atoms with van der Waals surface area (Å²) in [4.78, 5) is 30.2. The maximum Gasteiger partial charge on any atom is 0.321 e. The van der Waals surface area contributed by atoms with Gasteiger partial charge in [-0.3, -0.25) is 14.9 Å². The Morgan fingerprint density at radius 1 is 1.20 bits per heavy atom. The summed E-state index contributed by atoms with van der Waals surface area (Å²) in [5.41, 5.74) is 1.93. The van der Waals surface area contributed by atoms with Gasteiger partial charge in [-0.1, -0.05) is 12.1 Å². The number of hydrogen-bond acceptors (Lipinski definition) is 7. The van der Waals surface area contributed by atoms with Gasteiger partial charge in [0.1, 0.15) is 0 Å². The number of aromatic hydroxyl groups is 1. The van der Waals surface area contributed by atoms with Crippen molar-refractivity contribution in [3.05, 3.63) is 42.0 Å². The Morgan fingerprint density at radius 2 is 1.87 bits per heavy atom. The highest BCUT2D eigenvalue weighted by Gasteiger charge is 2.44. The zero-order valence-corrected chi connectivity index (χ0v) is 16.7. The van der Waals surface area contributed by atoms with Crippen molar-refractivity contribution >= 4 is 28.9 Å². The monoisotopic (exact) mass is 411 g/mol. The van der Waals surface area contributed by atoms with Gasteiger partial charge in [0.25, 0.3) is 0 Å². The van der Waals surface area contributed by atoms with Gasteiger partial charge in [0.15, 0.2) is 17.4 Å². The van der Waals surface area contributed by atoms with Gasteiger partial charge in [0.05, 0.1) is 37.9 Å². The van der Waals surface area contributed by atoms with Crippen molar-refractivity contribution < 1.29 is 28.9 Å². The fourth-order valence-electron chi connectivity index (χ4n) is 3.79. The molecule has 0 aliphatic carbocycles. The van der Waals surface area contributed by atoms with Crippen LogP contribution in [0.2, 0.25) is 0 Å². The maximum absolute atomic E-state index is 12.9. The predicted octanol–water partition coefficient (Wildman–Crippen LogP) is 2.48. The second-order valence-electron chi connectivity index (χ2n) is 6.73. The summed E-state index contributed by atoms with van der Waals surface area (Å²) in [6.45, 7) is 1.81. The van der Waals surface area contributed by atoms with Crippen molar-refractivity contribution in [3.63, 3.8) is 0 Å². The number of anilines is 1. The fraction of sp³-hybridized carbons (Fsp3) is 0.286. The first kappa shape index (κ1) is 19.6. The lowest BCUT2D eigenvalue weighted by Gasteiger charge is -2.32. The van der Waals surface area contributed by atoms with E-state index < -0.39 is 23.8 Å². The van der Waals surface area contributed by atoms with Gasteiger partial charge < -0.3 is 23.9 Å². The van der Waals surface area contributed by atoms with E-state index in [1.807, 2.05) is 24.3 Å². The van der Waals surface area contributed by atoms with Crippen LogP contribution in [-0.2, 0) is 14.3 Å². The molecule has 0 bridgehead atoms. The van der Waals surface area contributed by atoms with Crippen molar-refractivity contribution in [3.8, 4) is 17.2 Å². The number of fused-ring (bicyclic) bond motifs is 3. The second kappa shape index (κ2) is 7.58. The number of esters is 1. The van der Waals surface area contributed by atoms with Crippen LogP contribution < -0.4 is 14.8 Å². The number of imidazole rings is 1. The van der Waals surface area contributed by atoms with E-state index in [0.717, 1.165) is 5.52 Å². The molecular weight excluding hydrogens is 390 g/mol. The molecule has 4 rings (SSSR count). The third-order valence-corrected chi connectivity index (χ3v) is 5.09. The minimum absolute atomic E-state index is 0.134. The molecule has 2 atom stereocenters. The van der Waals surface area contributed by atoms with Crippen molar-refractivity contribution in [2.24, 2.45) is 5.92 Å². The molecule has 30 heavy (non-hydrogen) atoms. The molecule has 0 radical (unpaired) electrons. The topological polar surface area (TPSA) is 112 Å². The van der Waals surface area contributed by atoms with Crippen LogP contribution in [0.25, 0.3) is 11.0 Å². The van der Waals surface area contributed by atoms with Gasteiger partial charge in [0, 0.05) is 0 Å². The molecule has 3 aromatic rings. The Hall–Kier alpha value is -3.75. The molecule has 2 N–H and O–H groups in total. The first-order chi connectivity index (χ1) is 14.5. The number of carbonyl (C=O) groups excluding carboxylic acids is 2. The SMILES string of the molecule is CCOC(=O)[C@H]1C(=O)Nc2nc3ccccc3n2[C@@H]1c1cc(OC)c(O)c(OC)c1. The van der Waals surface area contributed by atoms with E-state index in [0.29, 0.717) is 17.0 Å². The Kier molecular flexibility index (Phi) is 4.94. The van der Waals surface area contributed by atoms with Gasteiger partial charge in [-0.05, 0) is 36.8 Å². The number of methoxy groups -OCH3 is 2. The van der Waals surface area contributed by atoms with E-state index in [-0.39, 0.29) is 23.9 Å². The lowest BCUT2D eigenvalue weighted by atomic mass is 9.89. The lowest BCUT2D eigenvalue weighted by Crippen LogP contribution is -2.43. The summed E-state index contributed by atoms with van der Waals surface area (Å²) in [5, 5.41) is 13.0. The summed E-state index contributed by atoms with van der Waals surface area (Å²) in [6.07, 6.45) is 0. The number of para-hydroxylation sites is 2. The predicted molar refractivity (Wildman–Crippen MR) is 108 cm³/mol. The molecular formula is C21H21N3O6. The third-order valence-electron chi connectivity index (χ3n) is 5.09. The maximum atomic E-state index is 12.9. The minimum atomic E-state index is -1.17. The average Bonchev–Trinajstić information content (AvgIpc) is 3.10. The van der Waals surface area contributed by atoms with Crippen molar-refractivity contribution in [1.82, 2.24) is 9.55 Å². The van der Waals surface area contributed by atoms with E-state index >= 15 is 0 Å². The van der Waals surface area contributed by atoms with Crippen LogP contribution >= 0.6 is 0 Å². The van der Waals surface area contributed by atoms with Crippen LogP contribution in [0.15, 0.2) is 36.4 Å². The first-order valence-corrected chi connectivity index (χ1v) is 9.39. The number of phenols is 1. The molecule has 1 aliphatic rings. The van der Waals surface area contributed by atoms with E-state index in [4.69, 9.17) is 14.2 Å². The number of amides is 1. The van der Waals surface area contributed by atoms with E-state index in [1.165, 1.54) is 14.2 Å². The van der Waals surface area contributed by atoms with Crippen molar-refractivity contribution in [2.45, 2.75) is 13.0 Å². The summed E-state index contributed by atoms with van der Waals surface area (Å²) < 4.78 is 17.5. The molecule has 0 saturated heterocycles. The summed E-state index contributed by atoms with van der Waals surface area (Å²) in [7, 11) is 2.82. The van der Waals surface area contributed by atoms with Crippen LogP contribution in [0.4, 0.5) is 5.95 Å². The number of nitrogens with one attached hydrogen (secondary N) is 1.